The van der Waals surface area contributed by atoms with Gasteiger partial charge in [0.15, 0.2) is 0 Å². The highest BCUT2D eigenvalue weighted by atomic mass is 16.5. The van der Waals surface area contributed by atoms with E-state index in [1.807, 2.05) is 36.4 Å². The number of anilines is 1. The third kappa shape index (κ3) is 9.45. The molecule has 190 valence electrons. The van der Waals surface area contributed by atoms with Crippen LogP contribution in [-0.2, 0) is 24.2 Å². The molecule has 0 radical (unpaired) electrons. The van der Waals surface area contributed by atoms with Crippen LogP contribution >= 0.6 is 0 Å². The number of hydrogen-bond acceptors (Lipinski definition) is 5. The van der Waals surface area contributed by atoms with Crippen molar-refractivity contribution in [1.29, 1.82) is 0 Å². The Kier molecular flexibility index (Phi) is 10.8. The lowest BCUT2D eigenvalue weighted by atomic mass is 10.0. The van der Waals surface area contributed by atoms with Crippen LogP contribution in [0.2, 0.25) is 0 Å². The van der Waals surface area contributed by atoms with Crippen molar-refractivity contribution in [3.63, 3.8) is 0 Å². The minimum atomic E-state index is -0.987. The summed E-state index contributed by atoms with van der Waals surface area (Å²) in [5.74, 6) is 0.586. The average Bonchev–Trinajstić information content (AvgIpc) is 2.88. The zero-order chi connectivity index (χ0) is 25.6. The van der Waals surface area contributed by atoms with Gasteiger partial charge in [0.05, 0.1) is 18.5 Å². The lowest BCUT2D eigenvalue weighted by molar-refractivity contribution is -0.131. The van der Waals surface area contributed by atoms with E-state index in [0.29, 0.717) is 17.1 Å². The highest BCUT2D eigenvalue weighted by Gasteiger charge is 2.06. The Morgan fingerprint density at radius 3 is 2.33 bits per heavy atom. The van der Waals surface area contributed by atoms with Gasteiger partial charge in [-0.1, -0.05) is 49.9 Å². The quantitative estimate of drug-likeness (QED) is 0.145. The Morgan fingerprint density at radius 1 is 0.917 bits per heavy atom. The molecular formula is C30H36N2O4. The van der Waals surface area contributed by atoms with Crippen molar-refractivity contribution in [1.82, 2.24) is 4.98 Å². The van der Waals surface area contributed by atoms with E-state index >= 15 is 0 Å². The first-order valence-corrected chi connectivity index (χ1v) is 12.5. The maximum Gasteiger partial charge on any atom is 0.328 e. The van der Waals surface area contributed by atoms with E-state index in [1.54, 1.807) is 25.3 Å². The average molecular weight is 489 g/mol. The van der Waals surface area contributed by atoms with E-state index in [0.717, 1.165) is 48.8 Å². The van der Waals surface area contributed by atoms with Crippen LogP contribution in [-0.4, -0.2) is 23.2 Å². The van der Waals surface area contributed by atoms with Gasteiger partial charge in [-0.25, -0.2) is 9.78 Å². The van der Waals surface area contributed by atoms with Crippen molar-refractivity contribution in [3.8, 4) is 11.5 Å². The first kappa shape index (κ1) is 26.8. The summed E-state index contributed by atoms with van der Waals surface area (Å²) in [5, 5.41) is 9.07. The second-order valence-corrected chi connectivity index (χ2v) is 8.85. The maximum absolute atomic E-state index is 11.1. The van der Waals surface area contributed by atoms with E-state index in [-0.39, 0.29) is 6.61 Å². The number of nitrogen functional groups attached to an aromatic ring is 1. The summed E-state index contributed by atoms with van der Waals surface area (Å²) in [6.45, 7) is 0.286. The number of hydrogen-bond donors (Lipinski definition) is 2. The largest absolute Gasteiger partial charge is 0.497 e. The molecule has 0 amide bonds. The molecule has 0 aliphatic rings. The predicted molar refractivity (Wildman–Crippen MR) is 144 cm³/mol. The van der Waals surface area contributed by atoms with Gasteiger partial charge in [0, 0.05) is 17.8 Å². The summed E-state index contributed by atoms with van der Waals surface area (Å²) in [6, 6.07) is 19.5. The van der Waals surface area contributed by atoms with Crippen molar-refractivity contribution in [2.24, 2.45) is 0 Å². The molecule has 3 N–H and O–H groups in total. The van der Waals surface area contributed by atoms with Crippen LogP contribution < -0.4 is 15.2 Å². The van der Waals surface area contributed by atoms with Crippen LogP contribution in [0, 0.1) is 0 Å². The number of benzene rings is 2. The Hall–Kier alpha value is -3.80. The molecule has 0 spiro atoms. The molecule has 0 bridgehead atoms. The molecule has 0 unspecified atom stereocenters. The first-order chi connectivity index (χ1) is 17.5. The van der Waals surface area contributed by atoms with Crippen LogP contribution in [0.25, 0.3) is 6.08 Å². The van der Waals surface area contributed by atoms with E-state index in [1.165, 1.54) is 31.2 Å². The number of nitrogens with two attached hydrogens (primary N) is 1. The number of methoxy groups -OCH3 is 1. The highest BCUT2D eigenvalue weighted by Crippen LogP contribution is 2.19. The maximum atomic E-state index is 11.1. The molecule has 0 aliphatic heterocycles. The number of nitrogens with zero attached hydrogens (tertiary/aromatic N) is 1. The van der Waals surface area contributed by atoms with Crippen LogP contribution in [0.15, 0.2) is 66.7 Å². The molecular weight excluding hydrogens is 452 g/mol. The van der Waals surface area contributed by atoms with Gasteiger partial charge in [-0.3, -0.25) is 0 Å². The summed E-state index contributed by atoms with van der Waals surface area (Å²) < 4.78 is 11.0. The molecule has 6 heteroatoms. The fourth-order valence-electron chi connectivity index (χ4n) is 4.04. The number of carboxylic acids is 1. The minimum absolute atomic E-state index is 0.286. The highest BCUT2D eigenvalue weighted by molar-refractivity contribution is 5.85. The standard InChI is InChI=1S/C30H36N2O4/c1-35-27-17-13-23(14-18-27)9-6-4-2-3-5-7-10-24-15-16-26(32-29(24)19-20-30(33)34)22-36-28-12-8-11-25(31)21-28/h8,11-21H,2-7,9-10,22,31H2,1H3,(H,33,34)/b20-19+. The molecule has 1 aromatic heterocycles. The molecule has 6 nitrogen and oxygen atoms in total. The predicted octanol–water partition coefficient (Wildman–Crippen LogP) is 6.48. The molecule has 1 heterocycles. The fraction of sp³-hybridized carbons (Fsp3) is 0.333. The van der Waals surface area contributed by atoms with Crippen molar-refractivity contribution in [2.75, 3.05) is 12.8 Å². The fourth-order valence-corrected chi connectivity index (χ4v) is 4.04. The molecule has 0 saturated heterocycles. The van der Waals surface area contributed by atoms with Gasteiger partial charge < -0.3 is 20.3 Å². The van der Waals surface area contributed by atoms with Gasteiger partial charge in [0.2, 0.25) is 0 Å². The number of unbranched alkanes of at least 4 members (excludes halogenated alkanes) is 5. The molecule has 0 aliphatic carbocycles. The van der Waals surface area contributed by atoms with Gasteiger partial charge in [-0.2, -0.15) is 0 Å². The number of aliphatic carboxylic acids is 1. The lowest BCUT2D eigenvalue weighted by Crippen LogP contribution is -2.03. The SMILES string of the molecule is COc1ccc(CCCCCCCCc2ccc(COc3cccc(N)c3)nc2/C=C/C(=O)O)cc1. The summed E-state index contributed by atoms with van der Waals surface area (Å²) in [6.07, 6.45) is 11.7. The molecule has 36 heavy (non-hydrogen) atoms. The normalized spacial score (nSPS) is 11.0. The van der Waals surface area contributed by atoms with Crippen LogP contribution in [0.1, 0.15) is 61.0 Å². The first-order valence-electron chi connectivity index (χ1n) is 12.5. The second-order valence-electron chi connectivity index (χ2n) is 8.85. The third-order valence-corrected chi connectivity index (χ3v) is 6.02. The zero-order valence-electron chi connectivity index (χ0n) is 21.0. The Labute approximate surface area is 213 Å². The van der Waals surface area contributed by atoms with Gasteiger partial charge in [0.1, 0.15) is 18.1 Å². The van der Waals surface area contributed by atoms with E-state index < -0.39 is 5.97 Å². The summed E-state index contributed by atoms with van der Waals surface area (Å²) in [5.41, 5.74) is 10.3. The van der Waals surface area contributed by atoms with Crippen molar-refractivity contribution < 1.29 is 19.4 Å². The van der Waals surface area contributed by atoms with E-state index in [4.69, 9.17) is 20.3 Å². The Balaban J connectivity index is 1.42. The van der Waals surface area contributed by atoms with Gasteiger partial charge in [-0.15, -0.1) is 0 Å². The van der Waals surface area contributed by atoms with Crippen LogP contribution in [0.5, 0.6) is 11.5 Å². The Bertz CT molecular complexity index is 1130. The topological polar surface area (TPSA) is 94.7 Å². The lowest BCUT2D eigenvalue weighted by Gasteiger charge is -2.10. The van der Waals surface area contributed by atoms with E-state index in [9.17, 15) is 4.79 Å². The summed E-state index contributed by atoms with van der Waals surface area (Å²) in [7, 11) is 1.69. The number of carbonyl (C=O) groups is 1. The molecule has 2 aromatic carbocycles. The summed E-state index contributed by atoms with van der Waals surface area (Å²) in [4.78, 5) is 15.7. The smallest absolute Gasteiger partial charge is 0.328 e. The molecule has 0 fully saturated rings. The second kappa shape index (κ2) is 14.6. The Morgan fingerprint density at radius 2 is 1.64 bits per heavy atom. The number of aryl methyl sites for hydroxylation is 2. The van der Waals surface area contributed by atoms with Gasteiger partial charge >= 0.3 is 5.97 Å². The number of aromatic nitrogens is 1. The monoisotopic (exact) mass is 488 g/mol. The molecule has 3 aromatic rings. The van der Waals surface area contributed by atoms with Gasteiger partial charge in [-0.05, 0) is 73.2 Å². The van der Waals surface area contributed by atoms with Crippen molar-refractivity contribution >= 4 is 17.7 Å². The molecule has 0 atom stereocenters. The number of pyridine rings is 1. The number of rotatable bonds is 15. The number of ether oxygens (including phenoxy) is 2. The van der Waals surface area contributed by atoms with Crippen LogP contribution in [0.4, 0.5) is 5.69 Å². The minimum Gasteiger partial charge on any atom is -0.497 e. The summed E-state index contributed by atoms with van der Waals surface area (Å²) >= 11 is 0. The molecule has 3 rings (SSSR count). The van der Waals surface area contributed by atoms with Gasteiger partial charge in [0.25, 0.3) is 0 Å². The molecule has 0 saturated carbocycles. The van der Waals surface area contributed by atoms with Crippen LogP contribution in [0.3, 0.4) is 0 Å². The van der Waals surface area contributed by atoms with Crippen molar-refractivity contribution in [3.05, 3.63) is 89.3 Å². The van der Waals surface area contributed by atoms with E-state index in [2.05, 4.69) is 17.1 Å². The number of carboxylic acid groups (broad SMARTS) is 1. The zero-order valence-corrected chi connectivity index (χ0v) is 21.0. The van der Waals surface area contributed by atoms with Crippen molar-refractivity contribution in [2.45, 2.75) is 58.0 Å². The third-order valence-electron chi connectivity index (χ3n) is 6.02.